The van der Waals surface area contributed by atoms with E-state index in [0.29, 0.717) is 23.8 Å². The summed E-state index contributed by atoms with van der Waals surface area (Å²) < 4.78 is 22.9. The van der Waals surface area contributed by atoms with Crippen LogP contribution in [-0.2, 0) is 26.0 Å². The first-order chi connectivity index (χ1) is 17.2. The molecule has 186 valence electrons. The molecule has 36 heavy (non-hydrogen) atoms. The van der Waals surface area contributed by atoms with Gasteiger partial charge >= 0.3 is 0 Å². The number of amidine groups is 1. The van der Waals surface area contributed by atoms with Crippen LogP contribution in [0.5, 0.6) is 0 Å². The van der Waals surface area contributed by atoms with Gasteiger partial charge in [0.05, 0.1) is 10.6 Å². The molecule has 0 radical (unpaired) electrons. The summed E-state index contributed by atoms with van der Waals surface area (Å²) in [6.45, 7) is 2.39. The van der Waals surface area contributed by atoms with E-state index >= 15 is 0 Å². The lowest BCUT2D eigenvalue weighted by atomic mass is 10.1. The fourth-order valence-corrected chi connectivity index (χ4v) is 5.24. The third-order valence-corrected chi connectivity index (χ3v) is 7.62. The van der Waals surface area contributed by atoms with Gasteiger partial charge in [-0.15, -0.1) is 0 Å². The number of hydrogen-bond acceptors (Lipinski definition) is 6. The van der Waals surface area contributed by atoms with E-state index in [1.165, 1.54) is 28.8 Å². The molecule has 2 amide bonds. The first kappa shape index (κ1) is 25.6. The smallest absolute Gasteiger partial charge is 0.247 e. The number of nitrogens with two attached hydrogens (primary N) is 1. The number of sulfonamides is 1. The highest BCUT2D eigenvalue weighted by Crippen LogP contribution is 2.30. The van der Waals surface area contributed by atoms with Crippen LogP contribution in [0.15, 0.2) is 88.8 Å². The molecule has 0 spiro atoms. The minimum Gasteiger partial charge on any atom is -0.335 e. The van der Waals surface area contributed by atoms with Crippen LogP contribution in [0.25, 0.3) is 0 Å². The number of thioether (sulfide) groups is 1. The van der Waals surface area contributed by atoms with Crippen LogP contribution in [0.4, 0.5) is 11.4 Å². The van der Waals surface area contributed by atoms with Crippen LogP contribution in [0.3, 0.4) is 0 Å². The molecule has 0 bridgehead atoms. The normalized spacial score (nSPS) is 16.4. The number of nitrogens with zero attached hydrogens (tertiary/aromatic N) is 2. The van der Waals surface area contributed by atoms with E-state index in [1.54, 1.807) is 36.4 Å². The second kappa shape index (κ2) is 11.1. The molecular weight excluding hydrogens is 496 g/mol. The Morgan fingerprint density at radius 2 is 1.69 bits per heavy atom. The minimum atomic E-state index is -3.74. The number of primary sulfonamides is 1. The van der Waals surface area contributed by atoms with E-state index < -0.39 is 15.3 Å². The Morgan fingerprint density at radius 3 is 2.33 bits per heavy atom. The first-order valence-corrected chi connectivity index (χ1v) is 13.7. The number of imide groups is 1. The Bertz CT molecular complexity index is 1370. The van der Waals surface area contributed by atoms with Crippen LogP contribution in [0.1, 0.15) is 17.5 Å². The van der Waals surface area contributed by atoms with Crippen LogP contribution >= 0.6 is 11.8 Å². The predicted octanol–water partition coefficient (Wildman–Crippen LogP) is 3.72. The third kappa shape index (κ3) is 6.39. The standard InChI is InChI=1S/C26H26N4O4S2/c1-18-7-11-20(12-8-18)29-26(28-16-15-19-9-13-22(14-10-19)36(27,33)34)35-23-17-24(31)30(25(23)32)21-5-3-2-4-6-21/h2-14,23H,15-17H2,1H3,(H,28,29)(H2,27,33,34). The number of amides is 2. The molecule has 3 aromatic rings. The molecule has 1 saturated heterocycles. The van der Waals surface area contributed by atoms with E-state index in [0.717, 1.165) is 16.8 Å². The lowest BCUT2D eigenvalue weighted by molar-refractivity contribution is -0.121. The van der Waals surface area contributed by atoms with E-state index in [2.05, 4.69) is 10.3 Å². The van der Waals surface area contributed by atoms with E-state index in [9.17, 15) is 18.0 Å². The van der Waals surface area contributed by atoms with Gasteiger partial charge in [-0.1, -0.05) is 59.8 Å². The highest BCUT2D eigenvalue weighted by molar-refractivity contribution is 8.15. The maximum absolute atomic E-state index is 13.1. The van der Waals surface area contributed by atoms with Gasteiger partial charge in [0.1, 0.15) is 5.25 Å². The summed E-state index contributed by atoms with van der Waals surface area (Å²) in [4.78, 5) is 31.7. The van der Waals surface area contributed by atoms with Crippen molar-refractivity contribution in [1.29, 1.82) is 0 Å². The fourth-order valence-electron chi connectivity index (χ4n) is 3.68. The van der Waals surface area contributed by atoms with Gasteiger partial charge < -0.3 is 5.32 Å². The zero-order valence-corrected chi connectivity index (χ0v) is 21.3. The van der Waals surface area contributed by atoms with Crippen molar-refractivity contribution in [2.24, 2.45) is 10.1 Å². The second-order valence-electron chi connectivity index (χ2n) is 8.33. The van der Waals surface area contributed by atoms with Gasteiger partial charge in [-0.2, -0.15) is 0 Å². The number of rotatable bonds is 7. The number of benzene rings is 3. The number of nitrogens with one attached hydrogen (secondary N) is 1. The summed E-state index contributed by atoms with van der Waals surface area (Å²) in [7, 11) is -3.74. The lowest BCUT2D eigenvalue weighted by Gasteiger charge is -2.16. The molecule has 0 saturated carbocycles. The van der Waals surface area contributed by atoms with Gasteiger partial charge in [-0.05, 0) is 55.3 Å². The monoisotopic (exact) mass is 522 g/mol. The molecule has 1 atom stereocenters. The number of aryl methyl sites for hydroxylation is 1. The first-order valence-electron chi connectivity index (χ1n) is 11.3. The van der Waals surface area contributed by atoms with Crippen LogP contribution in [-0.4, -0.2) is 37.2 Å². The van der Waals surface area contributed by atoms with E-state index in [-0.39, 0.29) is 23.1 Å². The molecule has 10 heteroatoms. The summed E-state index contributed by atoms with van der Waals surface area (Å²) in [5.74, 6) is -0.512. The highest BCUT2D eigenvalue weighted by atomic mass is 32.2. The molecule has 0 aromatic heterocycles. The average Bonchev–Trinajstić information content (AvgIpc) is 3.13. The Kier molecular flexibility index (Phi) is 7.88. The van der Waals surface area contributed by atoms with Crippen molar-refractivity contribution in [1.82, 2.24) is 0 Å². The zero-order chi connectivity index (χ0) is 25.7. The maximum Gasteiger partial charge on any atom is 0.247 e. The van der Waals surface area contributed by atoms with E-state index in [4.69, 9.17) is 5.14 Å². The van der Waals surface area contributed by atoms with Crippen molar-refractivity contribution in [3.8, 4) is 0 Å². The van der Waals surface area contributed by atoms with Gasteiger partial charge in [0.2, 0.25) is 21.8 Å². The van der Waals surface area contributed by atoms with Crippen molar-refractivity contribution in [3.05, 3.63) is 90.0 Å². The van der Waals surface area contributed by atoms with Crippen molar-refractivity contribution >= 4 is 50.1 Å². The summed E-state index contributed by atoms with van der Waals surface area (Å²) in [5, 5.41) is 8.37. The van der Waals surface area contributed by atoms with Crippen LogP contribution in [0.2, 0.25) is 0 Å². The quantitative estimate of drug-likeness (QED) is 0.277. The molecule has 4 rings (SSSR count). The topological polar surface area (TPSA) is 122 Å². The number of anilines is 2. The zero-order valence-electron chi connectivity index (χ0n) is 19.6. The predicted molar refractivity (Wildman–Crippen MR) is 144 cm³/mol. The number of carbonyl (C=O) groups excluding carboxylic acids is 2. The SMILES string of the molecule is Cc1ccc(NC(=NCCc2ccc(S(N)(=O)=O)cc2)SC2CC(=O)N(c3ccccc3)C2=O)cc1. The van der Waals surface area contributed by atoms with Crippen molar-refractivity contribution in [3.63, 3.8) is 0 Å². The highest BCUT2D eigenvalue weighted by Gasteiger charge is 2.40. The van der Waals surface area contributed by atoms with Crippen molar-refractivity contribution < 1.29 is 18.0 Å². The van der Waals surface area contributed by atoms with Gasteiger partial charge in [0.15, 0.2) is 5.17 Å². The molecule has 8 nitrogen and oxygen atoms in total. The number of para-hydroxylation sites is 1. The molecular formula is C26H26N4O4S2. The Labute approximate surface area is 214 Å². The molecule has 1 fully saturated rings. The molecule has 3 aromatic carbocycles. The van der Waals surface area contributed by atoms with Gasteiger partial charge in [-0.25, -0.2) is 18.5 Å². The minimum absolute atomic E-state index is 0.0550. The third-order valence-electron chi connectivity index (χ3n) is 5.58. The number of carbonyl (C=O) groups is 2. The number of hydrogen-bond donors (Lipinski definition) is 2. The molecule has 1 unspecified atom stereocenters. The van der Waals surface area contributed by atoms with Crippen LogP contribution < -0.4 is 15.4 Å². The lowest BCUT2D eigenvalue weighted by Crippen LogP contribution is -2.31. The summed E-state index contributed by atoms with van der Waals surface area (Å²) in [6, 6.07) is 23.0. The summed E-state index contributed by atoms with van der Waals surface area (Å²) >= 11 is 1.23. The maximum atomic E-state index is 13.1. The fraction of sp³-hybridized carbons (Fsp3) is 0.192. The van der Waals surface area contributed by atoms with Gasteiger partial charge in [0.25, 0.3) is 0 Å². The largest absolute Gasteiger partial charge is 0.335 e. The molecule has 1 aliphatic heterocycles. The molecule has 1 aliphatic rings. The second-order valence-corrected chi connectivity index (χ2v) is 11.1. The number of aliphatic imine (C=N–C) groups is 1. The van der Waals surface area contributed by atoms with Crippen molar-refractivity contribution in [2.75, 3.05) is 16.8 Å². The average molecular weight is 523 g/mol. The van der Waals surface area contributed by atoms with Gasteiger partial charge in [0, 0.05) is 18.7 Å². The Hall–Kier alpha value is -3.47. The Balaban J connectivity index is 1.49. The molecule has 3 N–H and O–H groups in total. The Morgan fingerprint density at radius 1 is 1.03 bits per heavy atom. The van der Waals surface area contributed by atoms with Crippen molar-refractivity contribution in [2.45, 2.75) is 29.9 Å². The molecule has 1 heterocycles. The summed E-state index contributed by atoms with van der Waals surface area (Å²) in [5.41, 5.74) is 3.39. The molecule has 0 aliphatic carbocycles. The van der Waals surface area contributed by atoms with E-state index in [1.807, 2.05) is 37.3 Å². The summed E-state index contributed by atoms with van der Waals surface area (Å²) in [6.07, 6.45) is 0.639. The van der Waals surface area contributed by atoms with Crippen LogP contribution in [0, 0.1) is 6.92 Å². The van der Waals surface area contributed by atoms with Gasteiger partial charge in [-0.3, -0.25) is 14.6 Å².